The van der Waals surface area contributed by atoms with E-state index in [1.54, 1.807) is 27.6 Å². The summed E-state index contributed by atoms with van der Waals surface area (Å²) in [5, 5.41) is 35.7. The molecule has 0 saturated carbocycles. The van der Waals surface area contributed by atoms with Crippen LogP contribution in [0.15, 0.2) is 84.9 Å². The molecule has 0 aliphatic carbocycles. The second-order valence-corrected chi connectivity index (χ2v) is 6.91. The third-order valence-electron chi connectivity index (χ3n) is 4.81. The Hall–Kier alpha value is -5.06. The standard InChI is InChI=1S/C22H15N9O2/c32-31(33)19-13-7-8-16(14-19)15-20(21-23-25-27-29(21)17-9-3-1-4-10-17)22-24-26-28-30(22)18-11-5-2-6-12-18/h1-15H. The molecular weight excluding hydrogens is 422 g/mol. The summed E-state index contributed by atoms with van der Waals surface area (Å²) >= 11 is 0. The number of nitro groups is 1. The van der Waals surface area contributed by atoms with Crippen LogP contribution in [0.3, 0.4) is 0 Å². The molecule has 5 rings (SSSR count). The topological polar surface area (TPSA) is 130 Å². The number of hydrogen-bond donors (Lipinski definition) is 0. The molecule has 0 unspecified atom stereocenters. The van der Waals surface area contributed by atoms with Crippen LogP contribution in [0.5, 0.6) is 0 Å². The van der Waals surface area contributed by atoms with Gasteiger partial charge in [-0.1, -0.05) is 48.5 Å². The van der Waals surface area contributed by atoms with Crippen molar-refractivity contribution in [1.29, 1.82) is 0 Å². The van der Waals surface area contributed by atoms with Crippen molar-refractivity contribution in [3.8, 4) is 11.4 Å². The molecule has 0 fully saturated rings. The minimum absolute atomic E-state index is 0.0339. The smallest absolute Gasteiger partial charge is 0.258 e. The van der Waals surface area contributed by atoms with Gasteiger partial charge in [0.1, 0.15) is 0 Å². The van der Waals surface area contributed by atoms with Gasteiger partial charge in [-0.3, -0.25) is 10.1 Å². The number of aromatic nitrogens is 8. The number of rotatable bonds is 6. The number of para-hydroxylation sites is 2. The first-order chi connectivity index (χ1) is 16.2. The monoisotopic (exact) mass is 437 g/mol. The summed E-state index contributed by atoms with van der Waals surface area (Å²) in [7, 11) is 0. The number of benzene rings is 3. The molecule has 11 nitrogen and oxygen atoms in total. The van der Waals surface area contributed by atoms with Gasteiger partial charge in [0.15, 0.2) is 11.6 Å². The number of nitro benzene ring substituents is 1. The first-order valence-corrected chi connectivity index (χ1v) is 9.85. The molecule has 11 heteroatoms. The normalized spacial score (nSPS) is 10.7. The van der Waals surface area contributed by atoms with Crippen LogP contribution in [-0.4, -0.2) is 45.3 Å². The first-order valence-electron chi connectivity index (χ1n) is 9.85. The van der Waals surface area contributed by atoms with Gasteiger partial charge in [-0.25, -0.2) is 0 Å². The van der Waals surface area contributed by atoms with E-state index in [1.165, 1.54) is 12.1 Å². The van der Waals surface area contributed by atoms with Crippen LogP contribution in [-0.2, 0) is 0 Å². The lowest BCUT2D eigenvalue weighted by molar-refractivity contribution is -0.384. The van der Waals surface area contributed by atoms with Crippen molar-refractivity contribution in [2.75, 3.05) is 0 Å². The van der Waals surface area contributed by atoms with Crippen molar-refractivity contribution in [1.82, 2.24) is 40.4 Å². The van der Waals surface area contributed by atoms with Crippen molar-refractivity contribution in [3.63, 3.8) is 0 Å². The zero-order valence-corrected chi connectivity index (χ0v) is 17.0. The third kappa shape index (κ3) is 3.97. The lowest BCUT2D eigenvalue weighted by Gasteiger charge is -2.09. The molecule has 0 saturated heterocycles. The van der Waals surface area contributed by atoms with Crippen LogP contribution >= 0.6 is 0 Å². The van der Waals surface area contributed by atoms with Crippen LogP contribution in [0.1, 0.15) is 17.2 Å². The maximum Gasteiger partial charge on any atom is 0.270 e. The third-order valence-corrected chi connectivity index (χ3v) is 4.81. The number of hydrogen-bond acceptors (Lipinski definition) is 8. The van der Waals surface area contributed by atoms with Gasteiger partial charge in [-0.05, 0) is 56.8 Å². The average molecular weight is 437 g/mol. The molecule has 2 aromatic heterocycles. The highest BCUT2D eigenvalue weighted by Crippen LogP contribution is 2.27. The second kappa shape index (κ2) is 8.59. The number of nitrogens with zero attached hydrogens (tertiary/aromatic N) is 9. The zero-order valence-electron chi connectivity index (χ0n) is 17.0. The van der Waals surface area contributed by atoms with Gasteiger partial charge in [0.05, 0.1) is 21.9 Å². The summed E-state index contributed by atoms with van der Waals surface area (Å²) in [6, 6.07) is 25.0. The van der Waals surface area contributed by atoms with E-state index in [0.717, 1.165) is 11.4 Å². The number of tetrazole rings is 2. The Morgan fingerprint density at radius 3 is 1.82 bits per heavy atom. The van der Waals surface area contributed by atoms with Gasteiger partial charge in [-0.15, -0.1) is 10.2 Å². The van der Waals surface area contributed by atoms with Crippen LogP contribution in [0, 0.1) is 10.1 Å². The highest BCUT2D eigenvalue weighted by Gasteiger charge is 2.22. The molecule has 160 valence electrons. The van der Waals surface area contributed by atoms with Crippen LogP contribution < -0.4 is 0 Å². The summed E-state index contributed by atoms with van der Waals surface area (Å²) in [4.78, 5) is 10.8. The van der Waals surface area contributed by atoms with E-state index in [1.807, 2.05) is 60.7 Å². The summed E-state index contributed by atoms with van der Waals surface area (Å²) in [6.07, 6.45) is 1.73. The van der Waals surface area contributed by atoms with Crippen LogP contribution in [0.2, 0.25) is 0 Å². The summed E-state index contributed by atoms with van der Waals surface area (Å²) in [5.41, 5.74) is 2.50. The van der Waals surface area contributed by atoms with Gasteiger partial charge < -0.3 is 0 Å². The van der Waals surface area contributed by atoms with Crippen molar-refractivity contribution in [3.05, 3.63) is 112 Å². The Balaban J connectivity index is 1.73. The molecule has 0 N–H and O–H groups in total. The van der Waals surface area contributed by atoms with Gasteiger partial charge in [0.2, 0.25) is 0 Å². The molecule has 0 bridgehead atoms. The Bertz CT molecular complexity index is 1360. The van der Waals surface area contributed by atoms with E-state index in [2.05, 4.69) is 31.1 Å². The molecule has 0 spiro atoms. The summed E-state index contributed by atoms with van der Waals surface area (Å²) < 4.78 is 3.13. The molecule has 0 amide bonds. The Kier molecular flexibility index (Phi) is 5.17. The van der Waals surface area contributed by atoms with Crippen molar-refractivity contribution in [2.24, 2.45) is 0 Å². The minimum Gasteiger partial charge on any atom is -0.258 e. The van der Waals surface area contributed by atoms with Crippen molar-refractivity contribution in [2.45, 2.75) is 0 Å². The lowest BCUT2D eigenvalue weighted by atomic mass is 10.1. The van der Waals surface area contributed by atoms with Crippen LogP contribution in [0.25, 0.3) is 23.0 Å². The molecule has 0 atom stereocenters. The fourth-order valence-corrected chi connectivity index (χ4v) is 3.32. The summed E-state index contributed by atoms with van der Waals surface area (Å²) in [5.74, 6) is 0.749. The van der Waals surface area contributed by atoms with Crippen molar-refractivity contribution < 1.29 is 4.92 Å². The minimum atomic E-state index is -0.445. The van der Waals surface area contributed by atoms with Crippen molar-refractivity contribution >= 4 is 17.3 Å². The molecule has 2 heterocycles. The van der Waals surface area contributed by atoms with E-state index in [9.17, 15) is 10.1 Å². The molecule has 0 aliphatic heterocycles. The van der Waals surface area contributed by atoms with E-state index in [-0.39, 0.29) is 5.69 Å². The largest absolute Gasteiger partial charge is 0.270 e. The average Bonchev–Trinajstić information content (AvgIpc) is 3.54. The SMILES string of the molecule is O=[N+]([O-])c1cccc(C=C(c2nnnn2-c2ccccc2)c2nnnn2-c2ccccc2)c1. The Morgan fingerprint density at radius 1 is 0.758 bits per heavy atom. The molecule has 3 aromatic carbocycles. The van der Waals surface area contributed by atoms with Gasteiger partial charge in [0, 0.05) is 12.1 Å². The first kappa shape index (κ1) is 19.9. The van der Waals surface area contributed by atoms with Gasteiger partial charge in [0.25, 0.3) is 5.69 Å². The molecular formula is C22H15N9O2. The fourth-order valence-electron chi connectivity index (χ4n) is 3.32. The van der Waals surface area contributed by atoms with Gasteiger partial charge >= 0.3 is 0 Å². The van der Waals surface area contributed by atoms with E-state index in [4.69, 9.17) is 0 Å². The fraction of sp³-hybridized carbons (Fsp3) is 0. The molecule has 33 heavy (non-hydrogen) atoms. The highest BCUT2D eigenvalue weighted by molar-refractivity contribution is 5.87. The second-order valence-electron chi connectivity index (χ2n) is 6.91. The predicted octanol–water partition coefficient (Wildman–Crippen LogP) is 3.14. The maximum atomic E-state index is 11.3. The molecule has 0 radical (unpaired) electrons. The van der Waals surface area contributed by atoms with Gasteiger partial charge in [-0.2, -0.15) is 9.36 Å². The lowest BCUT2D eigenvalue weighted by Crippen LogP contribution is -2.08. The van der Waals surface area contributed by atoms with Crippen LogP contribution in [0.4, 0.5) is 5.69 Å². The Labute approximate surface area is 186 Å². The van der Waals surface area contributed by atoms with E-state index in [0.29, 0.717) is 22.8 Å². The molecule has 0 aliphatic rings. The summed E-state index contributed by atoms with van der Waals surface area (Å²) in [6.45, 7) is 0. The maximum absolute atomic E-state index is 11.3. The van der Waals surface area contributed by atoms with E-state index >= 15 is 0 Å². The van der Waals surface area contributed by atoms with E-state index < -0.39 is 4.92 Å². The zero-order chi connectivity index (χ0) is 22.6. The quantitative estimate of drug-likeness (QED) is 0.292. The predicted molar refractivity (Wildman–Crippen MR) is 118 cm³/mol. The number of non-ortho nitro benzene ring substituents is 1. The molecule has 5 aromatic rings. The Morgan fingerprint density at radius 2 is 1.30 bits per heavy atom. The highest BCUT2D eigenvalue weighted by atomic mass is 16.6.